The molecule has 0 saturated heterocycles. The first-order valence-corrected chi connectivity index (χ1v) is 6.18. The third-order valence-corrected chi connectivity index (χ3v) is 3.15. The summed E-state index contributed by atoms with van der Waals surface area (Å²) < 4.78 is 10.3. The van der Waals surface area contributed by atoms with Crippen LogP contribution in [0.3, 0.4) is 0 Å². The van der Waals surface area contributed by atoms with Crippen LogP contribution in [0.2, 0.25) is 0 Å². The zero-order valence-corrected chi connectivity index (χ0v) is 10.7. The Morgan fingerprint density at radius 3 is 2.76 bits per heavy atom. The molecule has 0 amide bonds. The summed E-state index contributed by atoms with van der Waals surface area (Å²) in [5, 5.41) is 3.01. The SMILES string of the molecule is COCCOc1ccc(-c2nc(C)cs2)cn1. The van der Waals surface area contributed by atoms with Gasteiger partial charge in [0, 0.05) is 36.0 Å². The maximum Gasteiger partial charge on any atom is 0.213 e. The molecule has 0 aromatic carbocycles. The lowest BCUT2D eigenvalue weighted by Gasteiger charge is -2.04. The van der Waals surface area contributed by atoms with Crippen LogP contribution in [0, 0.1) is 6.92 Å². The number of hydrogen-bond acceptors (Lipinski definition) is 5. The van der Waals surface area contributed by atoms with Crippen LogP contribution in [0.1, 0.15) is 5.69 Å². The summed E-state index contributed by atoms with van der Waals surface area (Å²) in [6.07, 6.45) is 1.78. The summed E-state index contributed by atoms with van der Waals surface area (Å²) in [5.41, 5.74) is 2.05. The van der Waals surface area contributed by atoms with Crippen molar-refractivity contribution in [3.63, 3.8) is 0 Å². The fourth-order valence-corrected chi connectivity index (χ4v) is 2.10. The van der Waals surface area contributed by atoms with Gasteiger partial charge in [-0.05, 0) is 13.0 Å². The van der Waals surface area contributed by atoms with Crippen LogP contribution < -0.4 is 4.74 Å². The molecular formula is C12H14N2O2S. The molecule has 0 atom stereocenters. The van der Waals surface area contributed by atoms with E-state index in [1.54, 1.807) is 24.6 Å². The molecule has 2 aromatic heterocycles. The predicted molar refractivity (Wildman–Crippen MR) is 67.5 cm³/mol. The van der Waals surface area contributed by atoms with Crippen molar-refractivity contribution >= 4 is 11.3 Å². The maximum atomic E-state index is 5.39. The minimum absolute atomic E-state index is 0.513. The molecule has 0 aliphatic carbocycles. The van der Waals surface area contributed by atoms with E-state index in [0.717, 1.165) is 16.3 Å². The van der Waals surface area contributed by atoms with Gasteiger partial charge in [-0.3, -0.25) is 0 Å². The lowest BCUT2D eigenvalue weighted by Crippen LogP contribution is -2.05. The van der Waals surface area contributed by atoms with Crippen LogP contribution in [-0.4, -0.2) is 30.3 Å². The summed E-state index contributed by atoms with van der Waals surface area (Å²) in [4.78, 5) is 8.63. The summed E-state index contributed by atoms with van der Waals surface area (Å²) >= 11 is 1.62. The number of ether oxygens (including phenoxy) is 2. The summed E-state index contributed by atoms with van der Waals surface area (Å²) in [6.45, 7) is 3.06. The topological polar surface area (TPSA) is 44.2 Å². The molecule has 2 rings (SSSR count). The van der Waals surface area contributed by atoms with E-state index in [9.17, 15) is 0 Å². The van der Waals surface area contributed by atoms with Gasteiger partial charge in [-0.1, -0.05) is 0 Å². The Hall–Kier alpha value is -1.46. The Morgan fingerprint density at radius 2 is 2.18 bits per heavy atom. The molecule has 0 unspecified atom stereocenters. The molecule has 17 heavy (non-hydrogen) atoms. The van der Waals surface area contributed by atoms with E-state index in [2.05, 4.69) is 9.97 Å². The number of aromatic nitrogens is 2. The van der Waals surface area contributed by atoms with E-state index in [4.69, 9.17) is 9.47 Å². The normalized spacial score (nSPS) is 10.5. The van der Waals surface area contributed by atoms with E-state index in [1.165, 1.54) is 0 Å². The Labute approximate surface area is 104 Å². The second-order valence-electron chi connectivity index (χ2n) is 3.52. The minimum atomic E-state index is 0.513. The second-order valence-corrected chi connectivity index (χ2v) is 4.38. The van der Waals surface area contributed by atoms with E-state index in [1.807, 2.05) is 24.4 Å². The summed E-state index contributed by atoms with van der Waals surface area (Å²) in [7, 11) is 1.64. The van der Waals surface area contributed by atoms with E-state index < -0.39 is 0 Å². The fraction of sp³-hybridized carbons (Fsp3) is 0.333. The van der Waals surface area contributed by atoms with Gasteiger partial charge >= 0.3 is 0 Å². The molecule has 4 nitrogen and oxygen atoms in total. The lowest BCUT2D eigenvalue weighted by molar-refractivity contribution is 0.144. The number of hydrogen-bond donors (Lipinski definition) is 0. The molecule has 0 radical (unpaired) electrons. The van der Waals surface area contributed by atoms with E-state index in [-0.39, 0.29) is 0 Å². The van der Waals surface area contributed by atoms with Crippen LogP contribution in [-0.2, 0) is 4.74 Å². The quantitative estimate of drug-likeness (QED) is 0.765. The van der Waals surface area contributed by atoms with Crippen molar-refractivity contribution in [2.45, 2.75) is 6.92 Å². The van der Waals surface area contributed by atoms with Gasteiger partial charge in [0.15, 0.2) is 0 Å². The highest BCUT2D eigenvalue weighted by Crippen LogP contribution is 2.23. The number of nitrogens with zero attached hydrogens (tertiary/aromatic N) is 2. The highest BCUT2D eigenvalue weighted by atomic mass is 32.1. The fourth-order valence-electron chi connectivity index (χ4n) is 1.31. The van der Waals surface area contributed by atoms with Crippen molar-refractivity contribution in [1.82, 2.24) is 9.97 Å². The highest BCUT2D eigenvalue weighted by Gasteiger charge is 2.03. The Balaban J connectivity index is 2.02. The van der Waals surface area contributed by atoms with Gasteiger partial charge in [0.25, 0.3) is 0 Å². The average Bonchev–Trinajstić information content (AvgIpc) is 2.77. The zero-order chi connectivity index (χ0) is 12.1. The van der Waals surface area contributed by atoms with Gasteiger partial charge in [0.05, 0.1) is 6.61 Å². The zero-order valence-electron chi connectivity index (χ0n) is 9.84. The molecule has 90 valence electrons. The highest BCUT2D eigenvalue weighted by molar-refractivity contribution is 7.13. The van der Waals surface area contributed by atoms with Crippen LogP contribution >= 0.6 is 11.3 Å². The van der Waals surface area contributed by atoms with Gasteiger partial charge in [-0.25, -0.2) is 9.97 Å². The van der Waals surface area contributed by atoms with Gasteiger partial charge in [0.2, 0.25) is 5.88 Å². The largest absolute Gasteiger partial charge is 0.475 e. The van der Waals surface area contributed by atoms with Crippen LogP contribution in [0.25, 0.3) is 10.6 Å². The molecular weight excluding hydrogens is 236 g/mol. The van der Waals surface area contributed by atoms with Crippen molar-refractivity contribution in [2.24, 2.45) is 0 Å². The van der Waals surface area contributed by atoms with Crippen molar-refractivity contribution in [1.29, 1.82) is 0 Å². The Morgan fingerprint density at radius 1 is 1.29 bits per heavy atom. The summed E-state index contributed by atoms with van der Waals surface area (Å²) in [5.74, 6) is 0.610. The Kier molecular flexibility index (Phi) is 4.06. The van der Waals surface area contributed by atoms with Crippen LogP contribution in [0.15, 0.2) is 23.7 Å². The second kappa shape index (κ2) is 5.75. The monoisotopic (exact) mass is 250 g/mol. The lowest BCUT2D eigenvalue weighted by atomic mass is 10.3. The maximum absolute atomic E-state index is 5.39. The van der Waals surface area contributed by atoms with Crippen LogP contribution in [0.4, 0.5) is 0 Å². The number of aryl methyl sites for hydroxylation is 1. The smallest absolute Gasteiger partial charge is 0.213 e. The molecule has 2 aromatic rings. The first-order chi connectivity index (χ1) is 8.29. The van der Waals surface area contributed by atoms with Gasteiger partial charge < -0.3 is 9.47 Å². The third kappa shape index (κ3) is 3.25. The molecule has 2 heterocycles. The standard InChI is InChI=1S/C12H14N2O2S/c1-9-8-17-12(14-9)10-3-4-11(13-7-10)16-6-5-15-2/h3-4,7-8H,5-6H2,1-2H3. The van der Waals surface area contributed by atoms with E-state index in [0.29, 0.717) is 19.1 Å². The van der Waals surface area contributed by atoms with Crippen molar-refractivity contribution in [3.05, 3.63) is 29.4 Å². The molecule has 0 aliphatic heterocycles. The molecule has 0 N–H and O–H groups in total. The molecule has 0 aliphatic rings. The first-order valence-electron chi connectivity index (χ1n) is 5.30. The summed E-state index contributed by atoms with van der Waals surface area (Å²) in [6, 6.07) is 3.81. The number of rotatable bonds is 5. The minimum Gasteiger partial charge on any atom is -0.475 e. The molecule has 5 heteroatoms. The van der Waals surface area contributed by atoms with Gasteiger partial charge in [-0.15, -0.1) is 11.3 Å². The van der Waals surface area contributed by atoms with E-state index >= 15 is 0 Å². The first kappa shape index (κ1) is 12.0. The Bertz CT molecular complexity index is 468. The van der Waals surface area contributed by atoms with Crippen molar-refractivity contribution < 1.29 is 9.47 Å². The number of thiazole rings is 1. The molecule has 0 fully saturated rings. The van der Waals surface area contributed by atoms with Gasteiger partial charge in [-0.2, -0.15) is 0 Å². The average molecular weight is 250 g/mol. The predicted octanol–water partition coefficient (Wildman–Crippen LogP) is 2.54. The van der Waals surface area contributed by atoms with Crippen molar-refractivity contribution in [3.8, 4) is 16.5 Å². The van der Waals surface area contributed by atoms with Crippen LogP contribution in [0.5, 0.6) is 5.88 Å². The molecule has 0 spiro atoms. The molecule has 0 saturated carbocycles. The third-order valence-electron chi connectivity index (χ3n) is 2.14. The van der Waals surface area contributed by atoms with Crippen molar-refractivity contribution in [2.75, 3.05) is 20.3 Å². The molecule has 0 bridgehead atoms. The van der Waals surface area contributed by atoms with Gasteiger partial charge in [0.1, 0.15) is 11.6 Å². The number of methoxy groups -OCH3 is 1. The number of pyridine rings is 1.